The van der Waals surface area contributed by atoms with E-state index in [0.29, 0.717) is 30.6 Å². The molecule has 0 aliphatic carbocycles. The molecule has 1 saturated heterocycles. The smallest absolute Gasteiger partial charge is 0.315 e. The van der Waals surface area contributed by atoms with Crippen molar-refractivity contribution in [2.45, 2.75) is 12.5 Å². The third-order valence-corrected chi connectivity index (χ3v) is 4.94. The van der Waals surface area contributed by atoms with Crippen molar-refractivity contribution in [3.05, 3.63) is 59.2 Å². The third-order valence-electron chi connectivity index (χ3n) is 4.94. The Hall–Kier alpha value is -3.69. The van der Waals surface area contributed by atoms with Gasteiger partial charge in [0.1, 0.15) is 16.9 Å². The Balaban J connectivity index is 1.27. The number of aromatic amines is 1. The highest BCUT2D eigenvalue weighted by molar-refractivity contribution is 5.81. The summed E-state index contributed by atoms with van der Waals surface area (Å²) in [4.78, 5) is 22.4. The molecule has 0 spiro atoms. The second-order valence-electron chi connectivity index (χ2n) is 6.95. The summed E-state index contributed by atoms with van der Waals surface area (Å²) in [5.74, 6) is -1.01. The number of aromatic nitrogens is 4. The van der Waals surface area contributed by atoms with E-state index in [4.69, 9.17) is 0 Å². The van der Waals surface area contributed by atoms with Crippen LogP contribution in [-0.2, 0) is 0 Å². The summed E-state index contributed by atoms with van der Waals surface area (Å²) >= 11 is 0. The minimum absolute atomic E-state index is 0.197. The van der Waals surface area contributed by atoms with E-state index in [2.05, 4.69) is 25.3 Å². The van der Waals surface area contributed by atoms with E-state index in [0.717, 1.165) is 17.3 Å². The van der Waals surface area contributed by atoms with Crippen LogP contribution in [0, 0.1) is 11.8 Å². The van der Waals surface area contributed by atoms with Gasteiger partial charge in [0.25, 0.3) is 0 Å². The van der Waals surface area contributed by atoms with Gasteiger partial charge < -0.3 is 4.90 Å². The fourth-order valence-electron chi connectivity index (χ4n) is 3.50. The van der Waals surface area contributed by atoms with E-state index in [1.807, 2.05) is 6.08 Å². The largest absolute Gasteiger partial charge is 0.341 e. The van der Waals surface area contributed by atoms with Crippen LogP contribution in [0.2, 0.25) is 0 Å². The first-order valence-electron chi connectivity index (χ1n) is 8.98. The normalized spacial score (nSPS) is 18.4. The Morgan fingerprint density at radius 2 is 2.07 bits per heavy atom. The number of amides is 2. The molecule has 0 radical (unpaired) electrons. The van der Waals surface area contributed by atoms with Crippen molar-refractivity contribution in [2.75, 3.05) is 13.1 Å². The Morgan fingerprint density at radius 1 is 1.21 bits per heavy atom. The summed E-state index contributed by atoms with van der Waals surface area (Å²) in [5.41, 5.74) is 3.07. The fraction of sp³-hybridized carbons (Fsp3) is 0.211. The predicted molar refractivity (Wildman–Crippen MR) is 101 cm³/mol. The van der Waals surface area contributed by atoms with Crippen LogP contribution in [0.5, 0.6) is 0 Å². The minimum atomic E-state index is -0.561. The zero-order valence-electron chi connectivity index (χ0n) is 15.1. The summed E-state index contributed by atoms with van der Waals surface area (Å²) in [6.45, 7) is 0.901. The summed E-state index contributed by atoms with van der Waals surface area (Å²) in [6.07, 6.45) is 8.31. The van der Waals surface area contributed by atoms with Crippen LogP contribution in [0.1, 0.15) is 23.6 Å². The second-order valence-corrected chi connectivity index (χ2v) is 6.95. The number of halogens is 2. The zero-order valence-corrected chi connectivity index (χ0v) is 15.1. The van der Waals surface area contributed by atoms with Crippen LogP contribution in [0.15, 0.2) is 41.4 Å². The van der Waals surface area contributed by atoms with Crippen molar-refractivity contribution in [1.29, 1.82) is 0 Å². The van der Waals surface area contributed by atoms with Gasteiger partial charge in [0.2, 0.25) is 5.95 Å². The standard InChI is InChI=1S/C19H15F2N7O/c20-14-5-13(7-22-8-14)16-1-2-24-28(16)19(29)27-9-12(10-27)3-11-4-15-17(23-6-11)18(21)26-25-15/h2-8,16H,1,9-10H2,(H,25,26)/t16-/m0/s1. The van der Waals surface area contributed by atoms with E-state index in [1.54, 1.807) is 29.6 Å². The number of hydrogen-bond acceptors (Lipinski definition) is 5. The van der Waals surface area contributed by atoms with Gasteiger partial charge >= 0.3 is 6.03 Å². The molecule has 5 rings (SSSR count). The van der Waals surface area contributed by atoms with Gasteiger partial charge in [-0.15, -0.1) is 0 Å². The molecule has 146 valence electrons. The topological polar surface area (TPSA) is 90.4 Å². The molecule has 1 fully saturated rings. The van der Waals surface area contributed by atoms with Gasteiger partial charge in [-0.3, -0.25) is 10.1 Å². The van der Waals surface area contributed by atoms with Crippen molar-refractivity contribution in [3.8, 4) is 0 Å². The highest BCUT2D eigenvalue weighted by Gasteiger charge is 2.35. The summed E-state index contributed by atoms with van der Waals surface area (Å²) in [5, 5.41) is 11.6. The van der Waals surface area contributed by atoms with Crippen molar-refractivity contribution in [3.63, 3.8) is 0 Å². The van der Waals surface area contributed by atoms with Crippen molar-refractivity contribution in [2.24, 2.45) is 5.10 Å². The maximum Gasteiger partial charge on any atom is 0.341 e. The third kappa shape index (κ3) is 3.12. The Morgan fingerprint density at radius 3 is 2.90 bits per heavy atom. The maximum absolute atomic E-state index is 13.5. The molecule has 2 aliphatic heterocycles. The molecule has 0 bridgehead atoms. The van der Waals surface area contributed by atoms with Gasteiger partial charge in [-0.1, -0.05) is 6.08 Å². The second kappa shape index (κ2) is 6.73. The molecular weight excluding hydrogens is 380 g/mol. The number of fused-ring (bicyclic) bond motifs is 1. The SMILES string of the molecule is O=C(N1CC(=Cc2cnc3c(F)[nH]nc3c2)C1)N1N=CC[C@H]1c1cncc(F)c1. The number of nitrogens with one attached hydrogen (secondary N) is 1. The number of H-pyrrole nitrogens is 1. The monoisotopic (exact) mass is 395 g/mol. The lowest BCUT2D eigenvalue weighted by atomic mass is 10.0. The molecule has 2 aliphatic rings. The van der Waals surface area contributed by atoms with Crippen LogP contribution < -0.4 is 0 Å². The maximum atomic E-state index is 13.5. The van der Waals surface area contributed by atoms with Crippen molar-refractivity contribution >= 4 is 29.4 Å². The summed E-state index contributed by atoms with van der Waals surface area (Å²) in [7, 11) is 0. The number of rotatable bonds is 2. The Kier molecular flexibility index (Phi) is 4.04. The predicted octanol–water partition coefficient (Wildman–Crippen LogP) is 2.88. The van der Waals surface area contributed by atoms with E-state index in [-0.39, 0.29) is 17.6 Å². The Labute approximate surface area is 163 Å². The molecular formula is C19H15F2N7O. The van der Waals surface area contributed by atoms with Crippen molar-refractivity contribution < 1.29 is 13.6 Å². The molecule has 3 aromatic heterocycles. The van der Waals surface area contributed by atoms with Gasteiger partial charge in [-0.05, 0) is 28.8 Å². The number of urea groups is 1. The number of carbonyl (C=O) groups excluding carboxylic acids is 1. The van der Waals surface area contributed by atoms with Gasteiger partial charge in [-0.2, -0.15) is 14.6 Å². The average Bonchev–Trinajstić information content (AvgIpc) is 3.31. The Bertz CT molecular complexity index is 1160. The number of hydrazone groups is 1. The zero-order chi connectivity index (χ0) is 20.0. The number of nitrogens with zero attached hydrogens (tertiary/aromatic N) is 6. The van der Waals surface area contributed by atoms with Gasteiger partial charge in [-0.25, -0.2) is 19.2 Å². The van der Waals surface area contributed by atoms with Crippen LogP contribution in [-0.4, -0.2) is 55.4 Å². The lowest BCUT2D eigenvalue weighted by molar-refractivity contribution is 0.136. The van der Waals surface area contributed by atoms with E-state index in [9.17, 15) is 13.6 Å². The molecule has 3 aromatic rings. The number of carbonyl (C=O) groups is 1. The quantitative estimate of drug-likeness (QED) is 0.722. The van der Waals surface area contributed by atoms with Crippen molar-refractivity contribution in [1.82, 2.24) is 30.1 Å². The van der Waals surface area contributed by atoms with E-state index >= 15 is 0 Å². The summed E-state index contributed by atoms with van der Waals surface area (Å²) < 4.78 is 26.9. The molecule has 0 saturated carbocycles. The average molecular weight is 395 g/mol. The molecule has 29 heavy (non-hydrogen) atoms. The van der Waals surface area contributed by atoms with E-state index in [1.165, 1.54) is 11.1 Å². The lowest BCUT2D eigenvalue weighted by Gasteiger charge is -2.37. The van der Waals surface area contributed by atoms with Gasteiger partial charge in [0, 0.05) is 38.1 Å². The van der Waals surface area contributed by atoms with Crippen LogP contribution in [0.4, 0.5) is 13.6 Å². The molecule has 0 aromatic carbocycles. The first-order chi connectivity index (χ1) is 14.1. The van der Waals surface area contributed by atoms with Crippen LogP contribution in [0.25, 0.3) is 17.1 Å². The lowest BCUT2D eigenvalue weighted by Crippen LogP contribution is -2.49. The first-order valence-corrected chi connectivity index (χ1v) is 8.98. The molecule has 1 N–H and O–H groups in total. The highest BCUT2D eigenvalue weighted by Crippen LogP contribution is 2.31. The minimum Gasteiger partial charge on any atom is -0.315 e. The fourth-order valence-corrected chi connectivity index (χ4v) is 3.50. The summed E-state index contributed by atoms with van der Waals surface area (Å²) in [6, 6.07) is 2.50. The molecule has 0 unspecified atom stereocenters. The molecule has 2 amide bonds. The van der Waals surface area contributed by atoms with E-state index < -0.39 is 11.8 Å². The number of hydrogen-bond donors (Lipinski definition) is 1. The van der Waals surface area contributed by atoms with Gasteiger partial charge in [0.15, 0.2) is 0 Å². The molecule has 8 nitrogen and oxygen atoms in total. The molecule has 5 heterocycles. The number of likely N-dealkylation sites (tertiary alicyclic amines) is 1. The molecule has 1 atom stereocenters. The van der Waals surface area contributed by atoms with Crippen LogP contribution >= 0.6 is 0 Å². The number of pyridine rings is 2. The van der Waals surface area contributed by atoms with Gasteiger partial charge in [0.05, 0.1) is 12.2 Å². The first kappa shape index (κ1) is 17.4. The molecule has 10 heteroatoms. The highest BCUT2D eigenvalue weighted by atomic mass is 19.1. The van der Waals surface area contributed by atoms with Crippen LogP contribution in [0.3, 0.4) is 0 Å².